The summed E-state index contributed by atoms with van der Waals surface area (Å²) in [5.41, 5.74) is 7.30. The Morgan fingerprint density at radius 3 is 2.86 bits per heavy atom. The van der Waals surface area contributed by atoms with Crippen LogP contribution in [0.2, 0.25) is 0 Å². The average molecular weight is 294 g/mol. The number of carbonyl (C=O) groups is 1. The number of hydrogen-bond acceptors (Lipinski definition) is 4. The summed E-state index contributed by atoms with van der Waals surface area (Å²) < 4.78 is 18.3. The van der Waals surface area contributed by atoms with Gasteiger partial charge in [-0.15, -0.1) is 0 Å². The third-order valence-electron chi connectivity index (χ3n) is 4.02. The first-order chi connectivity index (χ1) is 10.1. The molecule has 0 bridgehead atoms. The molecule has 0 spiro atoms. The smallest absolute Gasteiger partial charge is 0.307 e. The van der Waals surface area contributed by atoms with E-state index in [0.29, 0.717) is 19.5 Å². The lowest BCUT2D eigenvalue weighted by molar-refractivity contribution is -0.142. The first-order valence-corrected chi connectivity index (χ1v) is 7.41. The molecule has 116 valence electrons. The van der Waals surface area contributed by atoms with E-state index in [0.717, 1.165) is 36.9 Å². The molecule has 0 aromatic heterocycles. The van der Waals surface area contributed by atoms with Gasteiger partial charge in [0.05, 0.1) is 13.5 Å². The summed E-state index contributed by atoms with van der Waals surface area (Å²) in [6.07, 6.45) is 3.61. The van der Waals surface area contributed by atoms with Crippen molar-refractivity contribution >= 4 is 5.97 Å². The maximum Gasteiger partial charge on any atom is 0.307 e. The molecule has 1 heterocycles. The molecule has 4 nitrogen and oxygen atoms in total. The second-order valence-electron chi connectivity index (χ2n) is 5.57. The summed E-state index contributed by atoms with van der Waals surface area (Å²) in [6.45, 7) is 1.90. The van der Waals surface area contributed by atoms with E-state index in [2.05, 4.69) is 4.90 Å². The Hall–Kier alpha value is -1.46. The molecule has 1 fully saturated rings. The summed E-state index contributed by atoms with van der Waals surface area (Å²) in [5.74, 6) is -0.441. The van der Waals surface area contributed by atoms with Gasteiger partial charge in [-0.05, 0) is 42.6 Å². The van der Waals surface area contributed by atoms with Crippen LogP contribution in [0.1, 0.15) is 36.8 Å². The van der Waals surface area contributed by atoms with E-state index >= 15 is 0 Å². The molecular weight excluding hydrogens is 271 g/mol. The quantitative estimate of drug-likeness (QED) is 0.846. The predicted octanol–water partition coefficient (Wildman–Crippen LogP) is 2.20. The van der Waals surface area contributed by atoms with Crippen LogP contribution in [0.5, 0.6) is 0 Å². The van der Waals surface area contributed by atoms with Crippen LogP contribution >= 0.6 is 0 Å². The molecule has 1 atom stereocenters. The molecule has 0 radical (unpaired) electrons. The molecule has 21 heavy (non-hydrogen) atoms. The largest absolute Gasteiger partial charge is 0.469 e. The van der Waals surface area contributed by atoms with E-state index in [1.807, 2.05) is 6.07 Å². The Morgan fingerprint density at radius 2 is 2.14 bits per heavy atom. The van der Waals surface area contributed by atoms with Gasteiger partial charge in [-0.25, -0.2) is 4.39 Å². The lowest BCUT2D eigenvalue weighted by atomic mass is 9.98. The first kappa shape index (κ1) is 15.9. The fourth-order valence-electron chi connectivity index (χ4n) is 2.94. The van der Waals surface area contributed by atoms with E-state index in [1.165, 1.54) is 13.2 Å². The van der Waals surface area contributed by atoms with Crippen molar-refractivity contribution in [2.24, 2.45) is 5.73 Å². The van der Waals surface area contributed by atoms with Gasteiger partial charge in [0.25, 0.3) is 0 Å². The zero-order valence-electron chi connectivity index (χ0n) is 12.5. The van der Waals surface area contributed by atoms with Crippen LogP contribution in [0, 0.1) is 5.82 Å². The van der Waals surface area contributed by atoms with Crippen LogP contribution in [0.4, 0.5) is 4.39 Å². The van der Waals surface area contributed by atoms with Crippen LogP contribution < -0.4 is 5.73 Å². The topological polar surface area (TPSA) is 55.6 Å². The first-order valence-electron chi connectivity index (χ1n) is 7.41. The fraction of sp³-hybridized carbons (Fsp3) is 0.562. The van der Waals surface area contributed by atoms with Crippen molar-refractivity contribution in [1.29, 1.82) is 0 Å². The number of nitrogens with zero attached hydrogens (tertiary/aromatic N) is 1. The summed E-state index contributed by atoms with van der Waals surface area (Å²) in [6, 6.07) is 5.12. The van der Waals surface area contributed by atoms with Crippen molar-refractivity contribution in [3.8, 4) is 0 Å². The van der Waals surface area contributed by atoms with Gasteiger partial charge in [-0.3, -0.25) is 9.69 Å². The summed E-state index contributed by atoms with van der Waals surface area (Å²) in [7, 11) is 1.41. The summed E-state index contributed by atoms with van der Waals surface area (Å²) in [5, 5.41) is 0. The van der Waals surface area contributed by atoms with E-state index in [4.69, 9.17) is 10.5 Å². The number of halogens is 1. The van der Waals surface area contributed by atoms with Crippen molar-refractivity contribution in [1.82, 2.24) is 4.90 Å². The number of nitrogens with two attached hydrogens (primary N) is 1. The Morgan fingerprint density at radius 1 is 1.38 bits per heavy atom. The molecule has 1 unspecified atom stereocenters. The number of hydrogen-bond donors (Lipinski definition) is 1. The third-order valence-corrected chi connectivity index (χ3v) is 4.02. The number of esters is 1. The molecule has 2 rings (SSSR count). The molecule has 1 saturated heterocycles. The highest BCUT2D eigenvalue weighted by Gasteiger charge is 2.25. The molecule has 1 aliphatic rings. The monoisotopic (exact) mass is 294 g/mol. The Balaban J connectivity index is 2.08. The predicted molar refractivity (Wildman–Crippen MR) is 79.0 cm³/mol. The number of likely N-dealkylation sites (tertiary alicyclic amines) is 1. The van der Waals surface area contributed by atoms with Gasteiger partial charge in [-0.1, -0.05) is 12.5 Å². The van der Waals surface area contributed by atoms with Gasteiger partial charge in [0, 0.05) is 19.1 Å². The number of methoxy groups -OCH3 is 1. The van der Waals surface area contributed by atoms with Crippen molar-refractivity contribution in [3.05, 3.63) is 35.1 Å². The second-order valence-corrected chi connectivity index (χ2v) is 5.57. The zero-order valence-corrected chi connectivity index (χ0v) is 12.5. The average Bonchev–Trinajstić information content (AvgIpc) is 2.48. The number of piperidine rings is 1. The standard InChI is InChI=1S/C16H23FN2O2/c1-21-16(20)9-15-4-2-3-5-19(15)11-13-6-12(10-18)7-14(17)8-13/h6-8,15H,2-5,9-11,18H2,1H3. The molecule has 0 saturated carbocycles. The van der Waals surface area contributed by atoms with Crippen LogP contribution in [-0.4, -0.2) is 30.6 Å². The molecule has 0 aliphatic carbocycles. The van der Waals surface area contributed by atoms with Gasteiger partial charge in [0.1, 0.15) is 5.82 Å². The van der Waals surface area contributed by atoms with Crippen LogP contribution in [0.25, 0.3) is 0 Å². The van der Waals surface area contributed by atoms with E-state index < -0.39 is 0 Å². The number of ether oxygens (including phenoxy) is 1. The van der Waals surface area contributed by atoms with Crippen LogP contribution in [0.3, 0.4) is 0 Å². The minimum atomic E-state index is -0.255. The minimum absolute atomic E-state index is 0.177. The molecule has 1 aliphatic heterocycles. The molecule has 1 aromatic rings. The highest BCUT2D eigenvalue weighted by Crippen LogP contribution is 2.23. The van der Waals surface area contributed by atoms with Crippen molar-refractivity contribution < 1.29 is 13.9 Å². The van der Waals surface area contributed by atoms with Gasteiger partial charge < -0.3 is 10.5 Å². The Bertz CT molecular complexity index is 493. The number of benzene rings is 1. The van der Waals surface area contributed by atoms with Gasteiger partial charge >= 0.3 is 5.97 Å². The second kappa shape index (κ2) is 7.52. The Kier molecular flexibility index (Phi) is 5.70. The van der Waals surface area contributed by atoms with E-state index in [9.17, 15) is 9.18 Å². The summed E-state index contributed by atoms with van der Waals surface area (Å²) >= 11 is 0. The van der Waals surface area contributed by atoms with Gasteiger partial charge in [-0.2, -0.15) is 0 Å². The third kappa shape index (κ3) is 4.51. The lowest BCUT2D eigenvalue weighted by Crippen LogP contribution is -2.40. The minimum Gasteiger partial charge on any atom is -0.469 e. The molecular formula is C16H23FN2O2. The molecule has 1 aromatic carbocycles. The molecule has 5 heteroatoms. The van der Waals surface area contributed by atoms with Gasteiger partial charge in [0.2, 0.25) is 0 Å². The van der Waals surface area contributed by atoms with Crippen molar-refractivity contribution in [2.45, 2.75) is 44.8 Å². The Labute approximate surface area is 125 Å². The van der Waals surface area contributed by atoms with Crippen LogP contribution in [-0.2, 0) is 22.6 Å². The van der Waals surface area contributed by atoms with Crippen molar-refractivity contribution in [2.75, 3.05) is 13.7 Å². The number of carbonyl (C=O) groups excluding carboxylic acids is 1. The highest BCUT2D eigenvalue weighted by atomic mass is 19.1. The fourth-order valence-corrected chi connectivity index (χ4v) is 2.94. The van der Waals surface area contributed by atoms with Crippen molar-refractivity contribution in [3.63, 3.8) is 0 Å². The maximum absolute atomic E-state index is 13.6. The van der Waals surface area contributed by atoms with E-state index in [-0.39, 0.29) is 17.8 Å². The SMILES string of the molecule is COC(=O)CC1CCCCN1Cc1cc(F)cc(CN)c1. The number of rotatable bonds is 5. The van der Waals surface area contributed by atoms with E-state index in [1.54, 1.807) is 6.07 Å². The normalized spacial score (nSPS) is 19.5. The molecule has 0 amide bonds. The lowest BCUT2D eigenvalue weighted by Gasteiger charge is -2.35. The highest BCUT2D eigenvalue weighted by molar-refractivity contribution is 5.69. The summed E-state index contributed by atoms with van der Waals surface area (Å²) in [4.78, 5) is 13.8. The zero-order chi connectivity index (χ0) is 15.2. The molecule has 2 N–H and O–H groups in total. The van der Waals surface area contributed by atoms with Gasteiger partial charge in [0.15, 0.2) is 0 Å². The maximum atomic E-state index is 13.6. The van der Waals surface area contributed by atoms with Crippen LogP contribution in [0.15, 0.2) is 18.2 Å².